The van der Waals surface area contributed by atoms with E-state index in [-0.39, 0.29) is 11.9 Å². The Morgan fingerprint density at radius 1 is 1.00 bits per heavy atom. The first-order valence-electron chi connectivity index (χ1n) is 11.0. The van der Waals surface area contributed by atoms with Crippen molar-refractivity contribution in [2.45, 2.75) is 55.8 Å². The van der Waals surface area contributed by atoms with Crippen LogP contribution in [0, 0.1) is 5.92 Å². The number of fused-ring (bicyclic) bond motifs is 2. The smallest absolute Gasteiger partial charge is 0.178 e. The molecule has 0 N–H and O–H groups in total. The van der Waals surface area contributed by atoms with Gasteiger partial charge < -0.3 is 4.74 Å². The fourth-order valence-corrected chi connectivity index (χ4v) is 6.04. The molecule has 2 bridgehead atoms. The van der Waals surface area contributed by atoms with Crippen LogP contribution in [0.4, 0.5) is 0 Å². The molecule has 2 aliphatic rings. The molecule has 0 aliphatic carbocycles. The van der Waals surface area contributed by atoms with Gasteiger partial charge in [0.25, 0.3) is 0 Å². The molecule has 0 aromatic heterocycles. The molecular weight excluding hydrogens is 398 g/mol. The molecule has 4 rings (SSSR count). The number of hydrogen-bond acceptors (Lipinski definition) is 5. The van der Waals surface area contributed by atoms with Gasteiger partial charge >= 0.3 is 0 Å². The third-order valence-corrected chi connectivity index (χ3v) is 8.02. The molecule has 2 aromatic rings. The normalized spacial score (nSPS) is 26.0. The molecule has 30 heavy (non-hydrogen) atoms. The molecule has 162 valence electrons. The molecule has 0 saturated carbocycles. The summed E-state index contributed by atoms with van der Waals surface area (Å²) in [7, 11) is -3.21. The van der Waals surface area contributed by atoms with Gasteiger partial charge in [0.05, 0.1) is 23.4 Å². The second-order valence-corrected chi connectivity index (χ2v) is 10.4. The van der Waals surface area contributed by atoms with E-state index in [1.54, 1.807) is 24.3 Å². The van der Waals surface area contributed by atoms with E-state index in [0.717, 1.165) is 32.2 Å². The van der Waals surface area contributed by atoms with Crippen molar-refractivity contribution in [2.75, 3.05) is 18.9 Å². The van der Waals surface area contributed by atoms with Gasteiger partial charge in [-0.05, 0) is 49.8 Å². The number of hydrogen-bond donors (Lipinski definition) is 0. The quantitative estimate of drug-likeness (QED) is 0.529. The molecular formula is C24H31NO4S. The molecule has 2 fully saturated rings. The lowest BCUT2D eigenvalue weighted by Crippen LogP contribution is -2.37. The minimum absolute atomic E-state index is 0.180. The molecule has 6 heteroatoms. The Bertz CT molecular complexity index is 888. The number of hydroxylamine groups is 2. The first-order chi connectivity index (χ1) is 14.6. The van der Waals surface area contributed by atoms with Gasteiger partial charge in [-0.25, -0.2) is 8.42 Å². The first-order valence-corrected chi connectivity index (χ1v) is 12.6. The van der Waals surface area contributed by atoms with Crippen molar-refractivity contribution in [2.24, 2.45) is 5.92 Å². The fraction of sp³-hybridized carbons (Fsp3) is 0.500. The molecule has 2 aromatic carbocycles. The van der Waals surface area contributed by atoms with Crippen LogP contribution in [-0.2, 0) is 26.0 Å². The van der Waals surface area contributed by atoms with Crippen molar-refractivity contribution in [3.63, 3.8) is 0 Å². The standard InChI is InChI=1S/C24H31NO4S/c26-30(27,21-11-5-2-6-12-21)18-8-14-23-22-13-7-16-25(23)29-24(22)15-17-28-19-20-9-3-1-4-10-20/h1-6,9-12,22-24H,7-8,13-19H2/t22-,23-,24+/m1/s1. The predicted molar refractivity (Wildman–Crippen MR) is 117 cm³/mol. The highest BCUT2D eigenvalue weighted by Crippen LogP contribution is 2.39. The minimum atomic E-state index is -3.21. The zero-order valence-corrected chi connectivity index (χ0v) is 18.2. The van der Waals surface area contributed by atoms with Crippen molar-refractivity contribution in [1.82, 2.24) is 5.06 Å². The summed E-state index contributed by atoms with van der Waals surface area (Å²) in [5.74, 6) is 0.664. The zero-order valence-electron chi connectivity index (χ0n) is 17.4. The number of nitrogens with zero attached hydrogens (tertiary/aromatic N) is 1. The Kier molecular flexibility index (Phi) is 7.20. The number of rotatable bonds is 10. The van der Waals surface area contributed by atoms with Gasteiger partial charge in [-0.2, -0.15) is 5.06 Å². The Balaban J connectivity index is 1.24. The van der Waals surface area contributed by atoms with Gasteiger partial charge in [-0.15, -0.1) is 0 Å². The molecule has 4 atom stereocenters. The number of benzene rings is 2. The van der Waals surface area contributed by atoms with E-state index < -0.39 is 9.84 Å². The van der Waals surface area contributed by atoms with Gasteiger partial charge in [-0.1, -0.05) is 48.5 Å². The van der Waals surface area contributed by atoms with Crippen molar-refractivity contribution in [3.8, 4) is 0 Å². The van der Waals surface area contributed by atoms with Crippen LogP contribution in [-0.4, -0.2) is 44.5 Å². The van der Waals surface area contributed by atoms with E-state index >= 15 is 0 Å². The highest BCUT2D eigenvalue weighted by molar-refractivity contribution is 7.91. The van der Waals surface area contributed by atoms with Crippen LogP contribution in [0.5, 0.6) is 0 Å². The van der Waals surface area contributed by atoms with E-state index in [0.29, 0.717) is 36.5 Å². The molecule has 5 nitrogen and oxygen atoms in total. The SMILES string of the molecule is O=S(=O)(CCC[C@@H]1[C@H]2CCCN1O[C@H]2CCOCc1ccccc1)c1ccccc1. The van der Waals surface area contributed by atoms with E-state index in [9.17, 15) is 8.42 Å². The van der Waals surface area contributed by atoms with Gasteiger partial charge in [0.2, 0.25) is 0 Å². The number of ether oxygens (including phenoxy) is 1. The molecule has 0 spiro atoms. The van der Waals surface area contributed by atoms with E-state index in [4.69, 9.17) is 9.57 Å². The Labute approximate surface area is 179 Å². The zero-order chi connectivity index (χ0) is 20.8. The molecule has 0 radical (unpaired) electrons. The predicted octanol–water partition coefficient (Wildman–Crippen LogP) is 4.24. The van der Waals surface area contributed by atoms with Crippen LogP contribution in [0.15, 0.2) is 65.6 Å². The average Bonchev–Trinajstić information content (AvgIpc) is 2.95. The first kappa shape index (κ1) is 21.5. The van der Waals surface area contributed by atoms with Crippen LogP contribution < -0.4 is 0 Å². The highest BCUT2D eigenvalue weighted by atomic mass is 32.2. The Morgan fingerprint density at radius 2 is 1.73 bits per heavy atom. The van der Waals surface area contributed by atoms with E-state index in [1.807, 2.05) is 24.3 Å². The number of piperidine rings is 1. The van der Waals surface area contributed by atoms with Gasteiger partial charge in [-0.3, -0.25) is 4.84 Å². The van der Waals surface area contributed by atoms with Crippen molar-refractivity contribution in [1.29, 1.82) is 0 Å². The topological polar surface area (TPSA) is 55.8 Å². The van der Waals surface area contributed by atoms with Crippen LogP contribution in [0.2, 0.25) is 0 Å². The maximum atomic E-state index is 12.5. The van der Waals surface area contributed by atoms with Gasteiger partial charge in [0, 0.05) is 25.1 Å². The number of sulfone groups is 1. The second kappa shape index (κ2) is 10.1. The minimum Gasteiger partial charge on any atom is -0.377 e. The summed E-state index contributed by atoms with van der Waals surface area (Å²) in [4.78, 5) is 6.64. The molecule has 2 saturated heterocycles. The largest absolute Gasteiger partial charge is 0.377 e. The third-order valence-electron chi connectivity index (χ3n) is 6.20. The summed E-state index contributed by atoms with van der Waals surface area (Å²) >= 11 is 0. The maximum absolute atomic E-state index is 12.5. The molecule has 2 heterocycles. The van der Waals surface area contributed by atoms with E-state index in [2.05, 4.69) is 17.2 Å². The fourth-order valence-electron chi connectivity index (χ4n) is 4.69. The lowest BCUT2D eigenvalue weighted by Gasteiger charge is -2.30. The lowest BCUT2D eigenvalue weighted by atomic mass is 9.84. The monoisotopic (exact) mass is 429 g/mol. The van der Waals surface area contributed by atoms with Crippen molar-refractivity contribution in [3.05, 3.63) is 66.2 Å². The summed E-state index contributed by atoms with van der Waals surface area (Å²) in [5, 5.41) is 2.12. The molecule has 0 amide bonds. The Morgan fingerprint density at radius 3 is 2.50 bits per heavy atom. The summed E-state index contributed by atoms with van der Waals surface area (Å²) in [6.07, 6.45) is 4.88. The third kappa shape index (κ3) is 5.30. The van der Waals surface area contributed by atoms with Crippen molar-refractivity contribution >= 4 is 9.84 Å². The van der Waals surface area contributed by atoms with Crippen LogP contribution in [0.25, 0.3) is 0 Å². The summed E-state index contributed by atoms with van der Waals surface area (Å²) < 4.78 is 31.0. The summed E-state index contributed by atoms with van der Waals surface area (Å²) in [6.45, 7) is 2.25. The van der Waals surface area contributed by atoms with E-state index in [1.165, 1.54) is 5.56 Å². The van der Waals surface area contributed by atoms with Crippen LogP contribution >= 0.6 is 0 Å². The molecule has 1 unspecified atom stereocenters. The summed E-state index contributed by atoms with van der Waals surface area (Å²) in [6, 6.07) is 19.3. The summed E-state index contributed by atoms with van der Waals surface area (Å²) in [5.41, 5.74) is 1.19. The molecule has 2 aliphatic heterocycles. The average molecular weight is 430 g/mol. The van der Waals surface area contributed by atoms with Gasteiger partial charge in [0.15, 0.2) is 9.84 Å². The van der Waals surface area contributed by atoms with Gasteiger partial charge in [0.1, 0.15) is 0 Å². The van der Waals surface area contributed by atoms with Crippen molar-refractivity contribution < 1.29 is 18.0 Å². The lowest BCUT2D eigenvalue weighted by molar-refractivity contribution is -0.165. The second-order valence-electron chi connectivity index (χ2n) is 8.26. The van der Waals surface area contributed by atoms with Crippen LogP contribution in [0.1, 0.15) is 37.7 Å². The Hall–Kier alpha value is -1.73. The maximum Gasteiger partial charge on any atom is 0.178 e. The van der Waals surface area contributed by atoms with Crippen LogP contribution in [0.3, 0.4) is 0 Å². The highest BCUT2D eigenvalue weighted by Gasteiger charge is 2.44.